The quantitative estimate of drug-likeness (QED) is 0.102. The molecule has 56 heavy (non-hydrogen) atoms. The summed E-state index contributed by atoms with van der Waals surface area (Å²) in [5.41, 5.74) is 2.27. The Kier molecular flexibility index (Phi) is 8.49. The first-order valence-corrected chi connectivity index (χ1v) is 17.2. The van der Waals surface area contributed by atoms with E-state index in [0.29, 0.717) is 21.9 Å². The lowest BCUT2D eigenvalue weighted by atomic mass is 9.58. The van der Waals surface area contributed by atoms with Crippen LogP contribution in [0.1, 0.15) is 0 Å². The number of benzene rings is 8. The summed E-state index contributed by atoms with van der Waals surface area (Å²) in [4.78, 5) is 0. The van der Waals surface area contributed by atoms with E-state index in [4.69, 9.17) is 122 Å². The molecule has 0 spiro atoms. The van der Waals surface area contributed by atoms with Crippen molar-refractivity contribution in [2.75, 3.05) is 0 Å². The van der Waals surface area contributed by atoms with E-state index in [9.17, 15) is 0 Å². The Bertz CT molecular complexity index is 3230. The molecule has 9 rings (SSSR count). The van der Waals surface area contributed by atoms with Gasteiger partial charge in [0.25, 0.3) is 0 Å². The van der Waals surface area contributed by atoms with E-state index in [1.54, 1.807) is 0 Å². The molecule has 0 N–H and O–H groups in total. The van der Waals surface area contributed by atoms with Crippen LogP contribution in [0.25, 0.3) is 87.3 Å². The molecule has 0 bridgehead atoms. The number of furan rings is 1. The minimum atomic E-state index is -0.0274. The van der Waals surface area contributed by atoms with E-state index in [0.717, 1.165) is 21.5 Å². The van der Waals surface area contributed by atoms with Crippen LogP contribution in [0.5, 0.6) is 0 Å². The summed E-state index contributed by atoms with van der Waals surface area (Å²) in [6.07, 6.45) is 0. The largest absolute Gasteiger partial charge is 0.457 e. The van der Waals surface area contributed by atoms with Gasteiger partial charge in [-0.2, -0.15) is 0 Å². The molecule has 8 aromatic carbocycles. The van der Waals surface area contributed by atoms with Gasteiger partial charge in [0, 0.05) is 10.8 Å². The lowest BCUT2D eigenvalue weighted by Crippen LogP contribution is -2.50. The van der Waals surface area contributed by atoms with Crippen LogP contribution in [0.15, 0.2) is 59.0 Å². The Hall–Kier alpha value is -4.43. The van der Waals surface area contributed by atoms with E-state index >= 15 is 0 Å². The lowest BCUT2D eigenvalue weighted by Gasteiger charge is -2.30. The molecule has 0 aliphatic rings. The molecular weight excluding hydrogens is 659 g/mol. The molecule has 0 saturated carbocycles. The smallest absolute Gasteiger partial charge is 0.127 e. The predicted octanol–water partition coefficient (Wildman–Crippen LogP) is -6.56. The van der Waals surface area contributed by atoms with Crippen LogP contribution in [-0.4, -0.2) is 118 Å². The van der Waals surface area contributed by atoms with Crippen molar-refractivity contribution >= 4 is 265 Å². The average molecular weight is 668 g/mol. The Morgan fingerprint density at radius 1 is 0.286 bits per heavy atom. The van der Waals surface area contributed by atoms with Crippen LogP contribution >= 0.6 is 0 Å². The Labute approximate surface area is 344 Å². The number of rotatable bonds is 2. The number of fused-ring (bicyclic) bond motifs is 8. The zero-order valence-electron chi connectivity index (χ0n) is 29.8. The molecule has 1 heterocycles. The summed E-state index contributed by atoms with van der Waals surface area (Å²) < 4.78 is 6.18. The van der Waals surface area contributed by atoms with Crippen molar-refractivity contribution in [2.24, 2.45) is 0 Å². The van der Waals surface area contributed by atoms with Gasteiger partial charge < -0.3 is 4.42 Å². The van der Waals surface area contributed by atoms with E-state index < -0.39 is 0 Å². The monoisotopic (exact) mass is 670 g/mol. The second kappa shape index (κ2) is 12.8. The van der Waals surface area contributed by atoms with Crippen molar-refractivity contribution < 1.29 is 4.42 Å². The van der Waals surface area contributed by atoms with Gasteiger partial charge in [0.1, 0.15) is 129 Å². The minimum absolute atomic E-state index is 0.0000929. The van der Waals surface area contributed by atoms with Crippen LogP contribution in [0.2, 0.25) is 0 Å². The summed E-state index contributed by atoms with van der Waals surface area (Å²) in [5.74, 6) is 0. The zero-order chi connectivity index (χ0) is 40.0. The molecule has 1 aromatic heterocycles. The van der Waals surface area contributed by atoms with Crippen LogP contribution < -0.4 is 81.9 Å². The van der Waals surface area contributed by atoms with Gasteiger partial charge in [-0.3, -0.25) is 0 Å². The fourth-order valence-corrected chi connectivity index (χ4v) is 8.39. The standard InChI is InChI=1S/C40H9B15O/c41-24-21(29(46)37(54)39-22(24)23-30(47)35(52)36(53)38(55)40(23)56-39)16-19-17(25(42)31(48)33(50)27(19)44)15(18-20(16)28(45)34(51)32(49)26(18)43)14-9-10-5-1-2-6-11(10)12-7-3-4-8-13(12)14/h1-9H. The minimum Gasteiger partial charge on any atom is -0.457 e. The van der Waals surface area contributed by atoms with Crippen LogP contribution in [-0.2, 0) is 0 Å². The Morgan fingerprint density at radius 3 is 1.18 bits per heavy atom. The van der Waals surface area contributed by atoms with Crippen LogP contribution in [0, 0.1) is 0 Å². The average Bonchev–Trinajstić information content (AvgIpc) is 3.62. The molecule has 0 amide bonds. The van der Waals surface area contributed by atoms with Gasteiger partial charge in [0.15, 0.2) is 0 Å². The highest BCUT2D eigenvalue weighted by Crippen LogP contribution is 2.44. The van der Waals surface area contributed by atoms with E-state index in [1.165, 1.54) is 0 Å². The van der Waals surface area contributed by atoms with Gasteiger partial charge >= 0.3 is 0 Å². The molecular formula is C40H9B15O. The predicted molar refractivity (Wildman–Crippen MR) is 255 cm³/mol. The molecule has 0 unspecified atom stereocenters. The third-order valence-electron chi connectivity index (χ3n) is 11.2. The highest BCUT2D eigenvalue weighted by molar-refractivity contribution is 6.73. The first kappa shape index (κ1) is 37.2. The highest BCUT2D eigenvalue weighted by atomic mass is 16.3. The summed E-state index contributed by atoms with van der Waals surface area (Å²) in [7, 11) is 101. The molecule has 0 saturated heterocycles. The van der Waals surface area contributed by atoms with Crippen molar-refractivity contribution in [3.63, 3.8) is 0 Å². The topological polar surface area (TPSA) is 13.1 Å². The maximum atomic E-state index is 7.20. The summed E-state index contributed by atoms with van der Waals surface area (Å²) in [6, 6.07) is 17.9. The lowest BCUT2D eigenvalue weighted by molar-refractivity contribution is 0.675. The van der Waals surface area contributed by atoms with Crippen LogP contribution in [0.3, 0.4) is 0 Å². The maximum Gasteiger partial charge on any atom is 0.127 e. The van der Waals surface area contributed by atoms with Crippen molar-refractivity contribution in [3.05, 3.63) is 54.6 Å². The SMILES string of the molecule is [B]c1c([B])c([B])c2c(oc3c([B])c([B])c(-c4c5c([B])c([B])c([B])c([B])c5c(-c5cc6ccccc6c6ccccc56)c5c([B])c([B])c([B])c([B])c45)c([B])c32)c1[B]. The third kappa shape index (κ3) is 4.71. The second-order valence-corrected chi connectivity index (χ2v) is 14.0. The van der Waals surface area contributed by atoms with E-state index in [2.05, 4.69) is 0 Å². The second-order valence-electron chi connectivity index (χ2n) is 14.0. The van der Waals surface area contributed by atoms with Crippen molar-refractivity contribution in [3.8, 4) is 22.3 Å². The van der Waals surface area contributed by atoms with Gasteiger partial charge in [0.05, 0.1) is 0 Å². The summed E-state index contributed by atoms with van der Waals surface area (Å²) >= 11 is 0. The van der Waals surface area contributed by atoms with Gasteiger partial charge in [0.2, 0.25) is 0 Å². The van der Waals surface area contributed by atoms with Gasteiger partial charge in [-0.05, 0) is 71.4 Å². The zero-order valence-corrected chi connectivity index (χ0v) is 29.8. The molecule has 220 valence electrons. The highest BCUT2D eigenvalue weighted by Gasteiger charge is 2.29. The number of hydrogen-bond acceptors (Lipinski definition) is 1. The Balaban J connectivity index is 1.63. The summed E-state index contributed by atoms with van der Waals surface area (Å²) in [6.45, 7) is 0. The van der Waals surface area contributed by atoms with Crippen molar-refractivity contribution in [1.29, 1.82) is 0 Å². The normalized spacial score (nSPS) is 11.9. The summed E-state index contributed by atoms with van der Waals surface area (Å²) in [5, 5.41) is 5.54. The first-order valence-electron chi connectivity index (χ1n) is 17.2. The fraction of sp³-hybridized carbons (Fsp3) is 0. The molecule has 0 aliphatic heterocycles. The first-order chi connectivity index (χ1) is 26.6. The molecule has 9 aromatic rings. The van der Waals surface area contributed by atoms with Crippen molar-refractivity contribution in [1.82, 2.24) is 0 Å². The van der Waals surface area contributed by atoms with Gasteiger partial charge in [-0.25, -0.2) is 0 Å². The molecule has 0 aliphatic carbocycles. The fourth-order valence-electron chi connectivity index (χ4n) is 8.39. The van der Waals surface area contributed by atoms with Crippen LogP contribution in [0.4, 0.5) is 0 Å². The van der Waals surface area contributed by atoms with E-state index in [-0.39, 0.29) is 126 Å². The number of hydrogen-bond donors (Lipinski definition) is 0. The van der Waals surface area contributed by atoms with Crippen molar-refractivity contribution in [2.45, 2.75) is 0 Å². The Morgan fingerprint density at radius 2 is 0.661 bits per heavy atom. The molecule has 16 heteroatoms. The molecule has 1 nitrogen and oxygen atoms in total. The molecule has 0 atom stereocenters. The third-order valence-corrected chi connectivity index (χ3v) is 11.2. The maximum absolute atomic E-state index is 7.20. The van der Waals surface area contributed by atoms with Gasteiger partial charge in [-0.15, -0.1) is 32.8 Å². The van der Waals surface area contributed by atoms with Gasteiger partial charge in [-0.1, -0.05) is 97.7 Å². The molecule has 0 fully saturated rings. The van der Waals surface area contributed by atoms with E-state index in [1.807, 2.05) is 54.6 Å². The molecule has 30 radical (unpaired) electrons.